The van der Waals surface area contributed by atoms with Crippen LogP contribution in [0, 0.1) is 0 Å². The molecule has 1 N–H and O–H groups in total. The number of fused-ring (bicyclic) bond motifs is 1. The highest BCUT2D eigenvalue weighted by atomic mass is 32.2. The van der Waals surface area contributed by atoms with Crippen LogP contribution < -0.4 is 10.1 Å². The zero-order valence-electron chi connectivity index (χ0n) is 19.5. The highest BCUT2D eigenvalue weighted by Crippen LogP contribution is 2.35. The highest BCUT2D eigenvalue weighted by molar-refractivity contribution is 7.99. The second kappa shape index (κ2) is 9.93. The summed E-state index contributed by atoms with van der Waals surface area (Å²) in [4.78, 5) is 32.2. The van der Waals surface area contributed by atoms with Gasteiger partial charge in [0.15, 0.2) is 5.78 Å². The van der Waals surface area contributed by atoms with E-state index in [1.807, 2.05) is 66.9 Å². The van der Waals surface area contributed by atoms with E-state index in [1.165, 1.54) is 9.47 Å². The third-order valence-corrected chi connectivity index (χ3v) is 7.23. The number of nitrogens with zero attached hydrogens (tertiary/aromatic N) is 3. The maximum atomic E-state index is 13.6. The number of thioether (sulfide) groups is 1. The number of hydrogen-bond donors (Lipinski definition) is 1. The molecule has 35 heavy (non-hydrogen) atoms. The predicted octanol–water partition coefficient (Wildman–Crippen LogP) is 4.73. The lowest BCUT2D eigenvalue weighted by Gasteiger charge is -2.12. The lowest BCUT2D eigenvalue weighted by Crippen LogP contribution is -2.34. The Hall–Kier alpha value is -3.62. The number of carbonyl (C=O) groups excluding carboxylic acids is 2. The molecule has 1 aliphatic rings. The summed E-state index contributed by atoms with van der Waals surface area (Å²) in [6, 6.07) is 18.8. The van der Waals surface area contributed by atoms with Gasteiger partial charge < -0.3 is 9.64 Å². The Morgan fingerprint density at radius 2 is 1.97 bits per heavy atom. The van der Waals surface area contributed by atoms with Gasteiger partial charge in [-0.05, 0) is 29.3 Å². The molecular formula is C27H26N4O3S. The van der Waals surface area contributed by atoms with Crippen molar-refractivity contribution in [1.29, 1.82) is 0 Å². The van der Waals surface area contributed by atoms with Crippen LogP contribution in [0.25, 0.3) is 10.9 Å². The van der Waals surface area contributed by atoms with Crippen LogP contribution in [0.15, 0.2) is 79.3 Å². The van der Waals surface area contributed by atoms with Gasteiger partial charge >= 0.3 is 6.03 Å². The maximum Gasteiger partial charge on any atom is 0.328 e. The van der Waals surface area contributed by atoms with Gasteiger partial charge in [0.25, 0.3) is 0 Å². The SMILES string of the molecule is CN(C)C(=O)n1cc(C(=O)[C@@H]2CS[C@H](c3cccnc3)N2)c2ccc(OCc3ccccc3)cc21. The summed E-state index contributed by atoms with van der Waals surface area (Å²) in [5.74, 6) is 1.25. The number of rotatable bonds is 6. The second-order valence-corrected chi connectivity index (χ2v) is 9.76. The molecule has 0 aliphatic carbocycles. The first-order valence-electron chi connectivity index (χ1n) is 11.4. The molecule has 178 valence electrons. The van der Waals surface area contributed by atoms with Gasteiger partial charge in [0, 0.05) is 55.5 Å². The minimum Gasteiger partial charge on any atom is -0.489 e. The first-order chi connectivity index (χ1) is 17.0. The molecule has 0 bridgehead atoms. The van der Waals surface area contributed by atoms with Crippen LogP contribution in [-0.2, 0) is 6.61 Å². The molecule has 5 rings (SSSR count). The molecular weight excluding hydrogens is 460 g/mol. The molecule has 1 fully saturated rings. The van der Waals surface area contributed by atoms with Gasteiger partial charge in [-0.25, -0.2) is 4.79 Å². The van der Waals surface area contributed by atoms with Gasteiger partial charge in [0.2, 0.25) is 0 Å². The lowest BCUT2D eigenvalue weighted by atomic mass is 10.0. The van der Waals surface area contributed by atoms with Crippen molar-refractivity contribution in [3.63, 3.8) is 0 Å². The summed E-state index contributed by atoms with van der Waals surface area (Å²) in [7, 11) is 3.39. The van der Waals surface area contributed by atoms with Crippen LogP contribution in [-0.4, -0.2) is 52.2 Å². The molecule has 2 aromatic heterocycles. The lowest BCUT2D eigenvalue weighted by molar-refractivity contribution is 0.0957. The molecule has 1 aliphatic heterocycles. The Kier molecular flexibility index (Phi) is 6.57. The molecule has 2 aromatic carbocycles. The van der Waals surface area contributed by atoms with Crippen LogP contribution in [0.4, 0.5) is 4.79 Å². The Morgan fingerprint density at radius 1 is 1.14 bits per heavy atom. The van der Waals surface area contributed by atoms with E-state index in [0.717, 1.165) is 16.5 Å². The van der Waals surface area contributed by atoms with Crippen molar-refractivity contribution in [2.75, 3.05) is 19.8 Å². The minimum absolute atomic E-state index is 0.00685. The third kappa shape index (κ3) is 4.80. The number of pyridine rings is 1. The number of carbonyl (C=O) groups is 2. The third-order valence-electron chi connectivity index (χ3n) is 5.97. The van der Waals surface area contributed by atoms with E-state index < -0.39 is 0 Å². The minimum atomic E-state index is -0.354. The standard InChI is InChI=1S/C27H26N4O3S/c1-30(2)27(33)31-15-22(25(32)23-17-35-26(29-23)19-9-6-12-28-14-19)21-11-10-20(13-24(21)31)34-16-18-7-4-3-5-8-18/h3-15,23,26,29H,16-17H2,1-2H3/t23-,26+/m0/s1. The maximum absolute atomic E-state index is 13.6. The molecule has 8 heteroatoms. The largest absolute Gasteiger partial charge is 0.489 e. The van der Waals surface area contributed by atoms with E-state index in [-0.39, 0.29) is 23.2 Å². The molecule has 7 nitrogen and oxygen atoms in total. The Balaban J connectivity index is 1.43. The van der Waals surface area contributed by atoms with Crippen LogP contribution in [0.5, 0.6) is 5.75 Å². The Labute approximate surface area is 208 Å². The number of benzene rings is 2. The number of nitrogens with one attached hydrogen (secondary N) is 1. The number of ketones is 1. The normalized spacial score (nSPS) is 17.4. The molecule has 0 unspecified atom stereocenters. The number of Topliss-reactive ketones (excluding diaryl/α,β-unsaturated/α-hetero) is 1. The Bertz CT molecular complexity index is 1360. The van der Waals surface area contributed by atoms with Crippen molar-refractivity contribution in [1.82, 2.24) is 19.8 Å². The average Bonchev–Trinajstić information content (AvgIpc) is 3.53. The molecule has 0 spiro atoms. The van der Waals surface area contributed by atoms with Gasteiger partial charge in [0.1, 0.15) is 12.4 Å². The van der Waals surface area contributed by atoms with E-state index >= 15 is 0 Å². The van der Waals surface area contributed by atoms with E-state index in [4.69, 9.17) is 4.74 Å². The fourth-order valence-corrected chi connectivity index (χ4v) is 5.37. The molecule has 3 heterocycles. The van der Waals surface area contributed by atoms with Crippen molar-refractivity contribution in [3.8, 4) is 5.75 Å². The number of amides is 1. The number of aromatic nitrogens is 2. The van der Waals surface area contributed by atoms with Gasteiger partial charge in [-0.15, -0.1) is 11.8 Å². The zero-order chi connectivity index (χ0) is 24.4. The molecule has 0 radical (unpaired) electrons. The summed E-state index contributed by atoms with van der Waals surface area (Å²) < 4.78 is 7.51. The van der Waals surface area contributed by atoms with Crippen molar-refractivity contribution in [2.24, 2.45) is 0 Å². The smallest absolute Gasteiger partial charge is 0.328 e. The number of hydrogen-bond acceptors (Lipinski definition) is 6. The zero-order valence-corrected chi connectivity index (χ0v) is 20.4. The quantitative estimate of drug-likeness (QED) is 0.397. The first kappa shape index (κ1) is 23.1. The fourth-order valence-electron chi connectivity index (χ4n) is 4.14. The average molecular weight is 487 g/mol. The van der Waals surface area contributed by atoms with Crippen molar-refractivity contribution in [3.05, 3.63) is 95.9 Å². The van der Waals surface area contributed by atoms with E-state index in [2.05, 4.69) is 10.3 Å². The van der Waals surface area contributed by atoms with Gasteiger partial charge in [-0.2, -0.15) is 0 Å². The van der Waals surface area contributed by atoms with E-state index in [9.17, 15) is 9.59 Å². The highest BCUT2D eigenvalue weighted by Gasteiger charge is 2.33. The van der Waals surface area contributed by atoms with Gasteiger partial charge in [-0.1, -0.05) is 36.4 Å². The van der Waals surface area contributed by atoms with Gasteiger partial charge in [0.05, 0.1) is 16.9 Å². The molecule has 2 atom stereocenters. The van der Waals surface area contributed by atoms with E-state index in [1.54, 1.807) is 38.3 Å². The van der Waals surface area contributed by atoms with Gasteiger partial charge in [-0.3, -0.25) is 19.7 Å². The summed E-state index contributed by atoms with van der Waals surface area (Å²) in [6.07, 6.45) is 5.20. The summed E-state index contributed by atoms with van der Waals surface area (Å²) in [6.45, 7) is 0.416. The van der Waals surface area contributed by atoms with Crippen molar-refractivity contribution < 1.29 is 14.3 Å². The number of ether oxygens (including phenoxy) is 1. The topological polar surface area (TPSA) is 76.5 Å². The molecule has 4 aromatic rings. The summed E-state index contributed by atoms with van der Waals surface area (Å²) >= 11 is 1.68. The summed E-state index contributed by atoms with van der Waals surface area (Å²) in [5, 5.41) is 4.16. The Morgan fingerprint density at radius 3 is 2.71 bits per heavy atom. The van der Waals surface area contributed by atoms with Crippen molar-refractivity contribution in [2.45, 2.75) is 18.0 Å². The molecule has 0 saturated carbocycles. The fraction of sp³-hybridized carbons (Fsp3) is 0.222. The summed E-state index contributed by atoms with van der Waals surface area (Å²) in [5.41, 5.74) is 3.26. The monoisotopic (exact) mass is 486 g/mol. The van der Waals surface area contributed by atoms with E-state index in [0.29, 0.717) is 29.2 Å². The molecule has 1 amide bonds. The second-order valence-electron chi connectivity index (χ2n) is 8.63. The predicted molar refractivity (Wildman–Crippen MR) is 138 cm³/mol. The molecule has 1 saturated heterocycles. The van der Waals surface area contributed by atoms with Crippen LogP contribution in [0.3, 0.4) is 0 Å². The van der Waals surface area contributed by atoms with Crippen molar-refractivity contribution >= 4 is 34.5 Å². The first-order valence-corrected chi connectivity index (χ1v) is 12.4. The van der Waals surface area contributed by atoms with Crippen LogP contribution in [0.1, 0.15) is 26.9 Å². The van der Waals surface area contributed by atoms with Crippen LogP contribution >= 0.6 is 11.8 Å². The van der Waals surface area contributed by atoms with Crippen LogP contribution in [0.2, 0.25) is 0 Å².